The summed E-state index contributed by atoms with van der Waals surface area (Å²) in [6, 6.07) is 0. The molecular formula is C6H14O6. The van der Waals surface area contributed by atoms with E-state index in [2.05, 4.69) is 0 Å². The summed E-state index contributed by atoms with van der Waals surface area (Å²) in [4.78, 5) is 0. The van der Waals surface area contributed by atoms with Crippen molar-refractivity contribution in [3.05, 3.63) is 0 Å². The van der Waals surface area contributed by atoms with E-state index >= 15 is 0 Å². The van der Waals surface area contributed by atoms with Crippen LogP contribution in [0, 0.1) is 0 Å². The summed E-state index contributed by atoms with van der Waals surface area (Å²) in [5.74, 6) is 0. The van der Waals surface area contributed by atoms with Crippen LogP contribution in [0.15, 0.2) is 0 Å². The van der Waals surface area contributed by atoms with Crippen molar-refractivity contribution in [2.45, 2.75) is 24.4 Å². The molecule has 6 nitrogen and oxygen atoms in total. The number of aliphatic hydroxyl groups excluding tert-OH is 6. The van der Waals surface area contributed by atoms with Gasteiger partial charge in [-0.1, -0.05) is 0 Å². The van der Waals surface area contributed by atoms with Gasteiger partial charge in [-0.2, -0.15) is 0 Å². The predicted octanol–water partition coefficient (Wildman–Crippen LogP) is -3.59. The summed E-state index contributed by atoms with van der Waals surface area (Å²) >= 11 is 0. The van der Waals surface area contributed by atoms with Crippen LogP contribution in [0.1, 0.15) is 0 Å². The molecule has 6 N–H and O–H groups in total. The third-order valence-corrected chi connectivity index (χ3v) is 1.51. The van der Waals surface area contributed by atoms with Crippen molar-refractivity contribution in [2.75, 3.05) is 13.2 Å². The summed E-state index contributed by atoms with van der Waals surface area (Å²) in [6.45, 7) is -1.45. The standard InChI is InChI=1S/C6H14O6/c7-1-3(9)5(11)6(12)4(10)2-8/h3-12H,1-2H2/t3-,4-,5-,6-/m1/s1/i1+2. The van der Waals surface area contributed by atoms with E-state index in [0.29, 0.717) is 0 Å². The van der Waals surface area contributed by atoms with E-state index in [1.807, 2.05) is 0 Å². The fourth-order valence-electron chi connectivity index (χ4n) is 0.671. The second-order valence-electron chi connectivity index (χ2n) is 2.48. The summed E-state index contributed by atoms with van der Waals surface area (Å²) in [5, 5.41) is 52.2. The Morgan fingerprint density at radius 1 is 1.00 bits per heavy atom. The minimum Gasteiger partial charge on any atom is -0.394 e. The SMILES string of the molecule is OC[C@@H](O)[C@@H](O)[C@H](O)[C@H](O)[14CH2]O. The van der Waals surface area contributed by atoms with Gasteiger partial charge in [-0.15, -0.1) is 0 Å². The fourth-order valence-corrected chi connectivity index (χ4v) is 0.671. The largest absolute Gasteiger partial charge is 0.394 e. The van der Waals surface area contributed by atoms with Crippen LogP contribution in [0.2, 0.25) is 0 Å². The minimum atomic E-state index is -1.67. The van der Waals surface area contributed by atoms with Gasteiger partial charge in [0.15, 0.2) is 0 Å². The van der Waals surface area contributed by atoms with Crippen LogP contribution in [-0.4, -0.2) is 68.3 Å². The van der Waals surface area contributed by atoms with Crippen molar-refractivity contribution < 1.29 is 30.6 Å². The van der Waals surface area contributed by atoms with E-state index < -0.39 is 37.6 Å². The maximum absolute atomic E-state index is 8.96. The Hall–Kier alpha value is -0.240. The van der Waals surface area contributed by atoms with Crippen LogP contribution in [0.3, 0.4) is 0 Å². The molecule has 0 unspecified atom stereocenters. The van der Waals surface area contributed by atoms with Gasteiger partial charge in [0.25, 0.3) is 0 Å². The van der Waals surface area contributed by atoms with Gasteiger partial charge in [0.05, 0.1) is 13.2 Å². The van der Waals surface area contributed by atoms with Crippen molar-refractivity contribution in [1.82, 2.24) is 0 Å². The Labute approximate surface area is 69.3 Å². The first-order chi connectivity index (χ1) is 5.54. The minimum absolute atomic E-state index is 0.726. The lowest BCUT2D eigenvalue weighted by molar-refractivity contribution is -0.123. The van der Waals surface area contributed by atoms with Gasteiger partial charge in [0, 0.05) is 0 Å². The van der Waals surface area contributed by atoms with Crippen molar-refractivity contribution in [1.29, 1.82) is 0 Å². The molecule has 0 aliphatic heterocycles. The van der Waals surface area contributed by atoms with Gasteiger partial charge in [-0.3, -0.25) is 0 Å². The van der Waals surface area contributed by atoms with E-state index in [1.54, 1.807) is 0 Å². The average molecular weight is 184 g/mol. The van der Waals surface area contributed by atoms with Gasteiger partial charge in [0.2, 0.25) is 0 Å². The molecule has 0 aliphatic rings. The van der Waals surface area contributed by atoms with Gasteiger partial charge in [-0.05, 0) is 0 Å². The average Bonchev–Trinajstić information content (AvgIpc) is 2.12. The second kappa shape index (κ2) is 5.41. The van der Waals surface area contributed by atoms with Crippen molar-refractivity contribution in [3.8, 4) is 0 Å². The molecule has 0 heterocycles. The summed E-state index contributed by atoms with van der Waals surface area (Å²) in [7, 11) is 0. The first-order valence-corrected chi connectivity index (χ1v) is 3.48. The van der Waals surface area contributed by atoms with Crippen LogP contribution in [0.25, 0.3) is 0 Å². The highest BCUT2D eigenvalue weighted by atomic mass is 16.5. The van der Waals surface area contributed by atoms with E-state index in [9.17, 15) is 0 Å². The first kappa shape index (κ1) is 11.8. The Morgan fingerprint density at radius 2 is 1.50 bits per heavy atom. The van der Waals surface area contributed by atoms with Crippen LogP contribution in [0.5, 0.6) is 0 Å². The Morgan fingerprint density at radius 3 is 1.83 bits per heavy atom. The normalized spacial score (nSPS) is 21.5. The molecule has 0 aromatic rings. The number of rotatable bonds is 5. The van der Waals surface area contributed by atoms with E-state index in [1.165, 1.54) is 0 Å². The van der Waals surface area contributed by atoms with Crippen molar-refractivity contribution >= 4 is 0 Å². The van der Waals surface area contributed by atoms with Gasteiger partial charge in [-0.25, -0.2) is 0 Å². The number of aliphatic hydroxyl groups is 6. The number of hydrogen-bond donors (Lipinski definition) is 6. The molecule has 12 heavy (non-hydrogen) atoms. The summed E-state index contributed by atoms with van der Waals surface area (Å²) < 4.78 is 0. The first-order valence-electron chi connectivity index (χ1n) is 3.48. The van der Waals surface area contributed by atoms with Gasteiger partial charge < -0.3 is 30.6 Å². The quantitative estimate of drug-likeness (QED) is 0.263. The monoisotopic (exact) mass is 184 g/mol. The zero-order chi connectivity index (χ0) is 9.72. The lowest BCUT2D eigenvalue weighted by atomic mass is 10.1. The van der Waals surface area contributed by atoms with Gasteiger partial charge >= 0.3 is 0 Å². The molecular weight excluding hydrogens is 170 g/mol. The molecule has 74 valence electrons. The molecule has 0 saturated heterocycles. The molecule has 0 bridgehead atoms. The highest BCUT2D eigenvalue weighted by molar-refractivity contribution is 4.79. The molecule has 0 aromatic carbocycles. The Balaban J connectivity index is 3.99. The highest BCUT2D eigenvalue weighted by Crippen LogP contribution is 2.03. The summed E-state index contributed by atoms with van der Waals surface area (Å²) in [6.07, 6.45) is -6.39. The van der Waals surface area contributed by atoms with Crippen molar-refractivity contribution in [2.24, 2.45) is 0 Å². The summed E-state index contributed by atoms with van der Waals surface area (Å²) in [5.41, 5.74) is 0. The Bertz CT molecular complexity index is 105. The molecule has 6 heteroatoms. The molecule has 4 atom stereocenters. The molecule has 0 saturated carbocycles. The fraction of sp³-hybridized carbons (Fsp3) is 1.00. The second-order valence-corrected chi connectivity index (χ2v) is 2.48. The molecule has 0 amide bonds. The number of hydrogen-bond acceptors (Lipinski definition) is 6. The zero-order valence-electron chi connectivity index (χ0n) is 6.41. The van der Waals surface area contributed by atoms with E-state index in [4.69, 9.17) is 30.6 Å². The molecule has 0 fully saturated rings. The molecule has 0 radical (unpaired) electrons. The van der Waals surface area contributed by atoms with Crippen LogP contribution in [-0.2, 0) is 0 Å². The lowest BCUT2D eigenvalue weighted by Gasteiger charge is -2.24. The van der Waals surface area contributed by atoms with Crippen LogP contribution < -0.4 is 0 Å². The van der Waals surface area contributed by atoms with Crippen molar-refractivity contribution in [3.63, 3.8) is 0 Å². The maximum Gasteiger partial charge on any atom is 0.111 e. The highest BCUT2D eigenvalue weighted by Gasteiger charge is 2.29. The topological polar surface area (TPSA) is 121 Å². The van der Waals surface area contributed by atoms with Gasteiger partial charge in [0.1, 0.15) is 24.4 Å². The van der Waals surface area contributed by atoms with E-state index in [0.717, 1.165) is 0 Å². The van der Waals surface area contributed by atoms with Crippen LogP contribution >= 0.6 is 0 Å². The van der Waals surface area contributed by atoms with Crippen LogP contribution in [0.4, 0.5) is 0 Å². The molecule has 0 aliphatic carbocycles. The molecule has 0 spiro atoms. The Kier molecular flexibility index (Phi) is 5.31. The smallest absolute Gasteiger partial charge is 0.111 e. The zero-order valence-corrected chi connectivity index (χ0v) is 6.41. The predicted molar refractivity (Wildman–Crippen MR) is 38.2 cm³/mol. The lowest BCUT2D eigenvalue weighted by Crippen LogP contribution is -2.46. The molecule has 0 aromatic heterocycles. The maximum atomic E-state index is 8.96. The molecule has 0 rings (SSSR count). The third-order valence-electron chi connectivity index (χ3n) is 1.51. The third kappa shape index (κ3) is 3.02. The van der Waals surface area contributed by atoms with E-state index in [-0.39, 0.29) is 0 Å².